The second kappa shape index (κ2) is 19.2. The number of ether oxygens (including phenoxy) is 2. The molecule has 2 atom stereocenters. The van der Waals surface area contributed by atoms with Crippen LogP contribution in [0.15, 0.2) is 66.9 Å². The number of aliphatic carboxylic acids is 1. The Hall–Kier alpha value is -3.39. The number of halogens is 3. The highest BCUT2D eigenvalue weighted by Gasteiger charge is 2.36. The molecule has 246 valence electrons. The Morgan fingerprint density at radius 1 is 0.822 bits per heavy atom. The van der Waals surface area contributed by atoms with Gasteiger partial charge in [-0.2, -0.15) is 13.2 Å². The molecule has 0 fully saturated rings. The SMILES string of the molecule is CCCCCCCCCOc1ccc(-c2cc(C(CCCOC(C)C(F)(F)F)CCCC(=O)O)ccc2-c2ccccc2)cn1. The van der Waals surface area contributed by atoms with E-state index in [2.05, 4.69) is 36.2 Å². The second-order valence-corrected chi connectivity index (χ2v) is 11.7. The van der Waals surface area contributed by atoms with Gasteiger partial charge in [0.15, 0.2) is 6.10 Å². The Morgan fingerprint density at radius 3 is 2.20 bits per heavy atom. The summed E-state index contributed by atoms with van der Waals surface area (Å²) in [5.41, 5.74) is 5.00. The van der Waals surface area contributed by atoms with Gasteiger partial charge >= 0.3 is 12.1 Å². The van der Waals surface area contributed by atoms with Crippen molar-refractivity contribution < 1.29 is 32.5 Å². The summed E-state index contributed by atoms with van der Waals surface area (Å²) in [6.45, 7) is 3.85. The molecule has 1 N–H and O–H groups in total. The highest BCUT2D eigenvalue weighted by atomic mass is 19.4. The maximum Gasteiger partial charge on any atom is 0.414 e. The van der Waals surface area contributed by atoms with Gasteiger partial charge in [-0.3, -0.25) is 4.79 Å². The van der Waals surface area contributed by atoms with E-state index in [-0.39, 0.29) is 18.9 Å². The molecule has 3 aromatic rings. The molecule has 1 aromatic heterocycles. The number of unbranched alkanes of at least 4 members (excludes halogenated alkanes) is 6. The van der Waals surface area contributed by atoms with E-state index in [1.54, 1.807) is 0 Å². The van der Waals surface area contributed by atoms with E-state index < -0.39 is 18.2 Å². The number of aromatic nitrogens is 1. The summed E-state index contributed by atoms with van der Waals surface area (Å²) in [5, 5.41) is 9.20. The zero-order chi connectivity index (χ0) is 32.5. The Labute approximate surface area is 266 Å². The van der Waals surface area contributed by atoms with Crippen LogP contribution in [-0.4, -0.2) is 41.6 Å². The Morgan fingerprint density at radius 2 is 1.53 bits per heavy atom. The fourth-order valence-corrected chi connectivity index (χ4v) is 5.45. The maximum absolute atomic E-state index is 12.9. The van der Waals surface area contributed by atoms with E-state index in [0.717, 1.165) is 47.6 Å². The molecule has 2 unspecified atom stereocenters. The summed E-state index contributed by atoms with van der Waals surface area (Å²) >= 11 is 0. The van der Waals surface area contributed by atoms with E-state index in [1.807, 2.05) is 42.6 Å². The van der Waals surface area contributed by atoms with Crippen LogP contribution in [-0.2, 0) is 9.53 Å². The number of hydrogen-bond acceptors (Lipinski definition) is 4. The molecule has 0 bridgehead atoms. The Bertz CT molecular complexity index is 1260. The van der Waals surface area contributed by atoms with Gasteiger partial charge in [0.05, 0.1) is 6.61 Å². The molecule has 0 saturated heterocycles. The van der Waals surface area contributed by atoms with Crippen LogP contribution in [0.1, 0.15) is 102 Å². The zero-order valence-corrected chi connectivity index (χ0v) is 26.7. The maximum atomic E-state index is 12.9. The molecule has 2 aromatic carbocycles. The molecule has 0 aliphatic carbocycles. The van der Waals surface area contributed by atoms with Crippen molar-refractivity contribution in [3.8, 4) is 28.1 Å². The number of carboxylic acids is 1. The summed E-state index contributed by atoms with van der Waals surface area (Å²) in [4.78, 5) is 15.8. The number of alkyl halides is 3. The topological polar surface area (TPSA) is 68.7 Å². The predicted octanol–water partition coefficient (Wildman–Crippen LogP) is 10.6. The summed E-state index contributed by atoms with van der Waals surface area (Å²) in [5.74, 6) is -0.311. The molecule has 45 heavy (non-hydrogen) atoms. The summed E-state index contributed by atoms with van der Waals surface area (Å²) in [6, 6.07) is 20.2. The average Bonchev–Trinajstić information content (AvgIpc) is 3.03. The van der Waals surface area contributed by atoms with Gasteiger partial charge in [0, 0.05) is 30.9 Å². The normalized spacial score (nSPS) is 13.0. The molecule has 0 aliphatic heterocycles. The average molecular weight is 628 g/mol. The van der Waals surface area contributed by atoms with Crippen LogP contribution < -0.4 is 4.74 Å². The molecule has 0 amide bonds. The van der Waals surface area contributed by atoms with Gasteiger partial charge in [-0.25, -0.2) is 4.98 Å². The fraction of sp³-hybridized carbons (Fsp3) is 0.514. The Kier molecular flexibility index (Phi) is 15.4. The lowest BCUT2D eigenvalue weighted by atomic mass is 9.85. The van der Waals surface area contributed by atoms with E-state index in [0.29, 0.717) is 38.2 Å². The number of nitrogens with zero attached hydrogens (tertiary/aromatic N) is 1. The largest absolute Gasteiger partial charge is 0.481 e. The number of hydrogen-bond donors (Lipinski definition) is 1. The van der Waals surface area contributed by atoms with Crippen LogP contribution in [0.2, 0.25) is 0 Å². The van der Waals surface area contributed by atoms with Gasteiger partial charge in [0.25, 0.3) is 0 Å². The van der Waals surface area contributed by atoms with Gasteiger partial charge in [-0.05, 0) is 73.3 Å². The van der Waals surface area contributed by atoms with Crippen LogP contribution in [0.4, 0.5) is 13.2 Å². The van der Waals surface area contributed by atoms with Crippen LogP contribution in [0, 0.1) is 0 Å². The lowest BCUT2D eigenvalue weighted by Gasteiger charge is -2.21. The van der Waals surface area contributed by atoms with E-state index in [4.69, 9.17) is 9.47 Å². The summed E-state index contributed by atoms with van der Waals surface area (Å²) in [6.07, 6.45) is 6.22. The number of rotatable bonds is 21. The van der Waals surface area contributed by atoms with Gasteiger partial charge in [-0.1, -0.05) is 94.0 Å². The van der Waals surface area contributed by atoms with E-state index in [1.165, 1.54) is 32.1 Å². The Balaban J connectivity index is 1.77. The predicted molar refractivity (Wildman–Crippen MR) is 174 cm³/mol. The van der Waals surface area contributed by atoms with Crippen molar-refractivity contribution in [3.63, 3.8) is 0 Å². The first kappa shape index (κ1) is 36.1. The van der Waals surface area contributed by atoms with Gasteiger partial charge in [0.1, 0.15) is 0 Å². The van der Waals surface area contributed by atoms with Crippen LogP contribution in [0.3, 0.4) is 0 Å². The number of carbonyl (C=O) groups is 1. The third kappa shape index (κ3) is 12.9. The van der Waals surface area contributed by atoms with Gasteiger partial charge in [0.2, 0.25) is 5.88 Å². The first-order valence-electron chi connectivity index (χ1n) is 16.4. The number of pyridine rings is 1. The monoisotopic (exact) mass is 627 g/mol. The summed E-state index contributed by atoms with van der Waals surface area (Å²) < 4.78 is 49.6. The number of benzene rings is 2. The first-order chi connectivity index (χ1) is 21.7. The lowest BCUT2D eigenvalue weighted by molar-refractivity contribution is -0.214. The standard InChI is InChI=1S/C37H48F3NO4/c1-3-4-5-6-7-8-12-24-45-35-23-21-32(27-41-35)34-26-31(20-22-33(34)30-15-10-9-11-16-30)29(17-13-19-36(42)43)18-14-25-44-28(2)37(38,39)40/h9-11,15-16,20-23,26-29H,3-8,12-14,17-19,24-25H2,1-2H3,(H,42,43). The van der Waals surface area contributed by atoms with Crippen LogP contribution in [0.25, 0.3) is 22.3 Å². The fourth-order valence-electron chi connectivity index (χ4n) is 5.45. The molecule has 0 aliphatic rings. The molecule has 8 heteroatoms. The van der Waals surface area contributed by atoms with Crippen molar-refractivity contribution in [2.24, 2.45) is 0 Å². The second-order valence-electron chi connectivity index (χ2n) is 11.7. The third-order valence-corrected chi connectivity index (χ3v) is 8.11. The van der Waals surface area contributed by atoms with Crippen LogP contribution >= 0.6 is 0 Å². The van der Waals surface area contributed by atoms with Crippen molar-refractivity contribution in [2.75, 3.05) is 13.2 Å². The van der Waals surface area contributed by atoms with Crippen molar-refractivity contribution in [3.05, 3.63) is 72.4 Å². The van der Waals surface area contributed by atoms with Crippen molar-refractivity contribution in [1.82, 2.24) is 4.98 Å². The molecule has 1 heterocycles. The van der Waals surface area contributed by atoms with Crippen molar-refractivity contribution >= 4 is 5.97 Å². The quantitative estimate of drug-likeness (QED) is 0.119. The molecular formula is C37H48F3NO4. The minimum atomic E-state index is -4.40. The van der Waals surface area contributed by atoms with E-state index >= 15 is 0 Å². The minimum Gasteiger partial charge on any atom is -0.481 e. The lowest BCUT2D eigenvalue weighted by Crippen LogP contribution is -2.28. The molecule has 3 rings (SSSR count). The molecule has 0 radical (unpaired) electrons. The third-order valence-electron chi connectivity index (χ3n) is 8.11. The van der Waals surface area contributed by atoms with Crippen LogP contribution in [0.5, 0.6) is 5.88 Å². The smallest absolute Gasteiger partial charge is 0.414 e. The highest BCUT2D eigenvalue weighted by Crippen LogP contribution is 2.37. The molecule has 5 nitrogen and oxygen atoms in total. The van der Waals surface area contributed by atoms with Gasteiger partial charge in [-0.15, -0.1) is 0 Å². The zero-order valence-electron chi connectivity index (χ0n) is 26.7. The first-order valence-corrected chi connectivity index (χ1v) is 16.4. The minimum absolute atomic E-state index is 0.0185. The highest BCUT2D eigenvalue weighted by molar-refractivity contribution is 5.83. The van der Waals surface area contributed by atoms with Gasteiger partial charge < -0.3 is 14.6 Å². The molecule has 0 spiro atoms. The van der Waals surface area contributed by atoms with E-state index in [9.17, 15) is 23.1 Å². The number of carboxylic acid groups (broad SMARTS) is 1. The van der Waals surface area contributed by atoms with Crippen molar-refractivity contribution in [2.45, 2.75) is 109 Å². The van der Waals surface area contributed by atoms with Crippen molar-refractivity contribution in [1.29, 1.82) is 0 Å². The molecular weight excluding hydrogens is 579 g/mol. The summed E-state index contributed by atoms with van der Waals surface area (Å²) in [7, 11) is 0. The molecule has 0 saturated carbocycles.